The van der Waals surface area contributed by atoms with Crippen LogP contribution in [0.4, 0.5) is 0 Å². The molecule has 6 nitrogen and oxygen atoms in total. The lowest BCUT2D eigenvalue weighted by Crippen LogP contribution is -2.35. The number of morpholine rings is 1. The first-order chi connectivity index (χ1) is 14.6. The lowest BCUT2D eigenvalue weighted by molar-refractivity contribution is 0.0342. The van der Waals surface area contributed by atoms with Crippen LogP contribution in [0.15, 0.2) is 48.5 Å². The molecule has 2 aromatic rings. The largest absolute Gasteiger partial charge is 0.490 e. The summed E-state index contributed by atoms with van der Waals surface area (Å²) in [6, 6.07) is 16.2. The molecular weight excluding hydrogens is 380 g/mol. The lowest BCUT2D eigenvalue weighted by Gasteiger charge is -2.27. The van der Waals surface area contributed by atoms with Crippen molar-refractivity contribution in [2.24, 2.45) is 0 Å². The molecule has 1 aliphatic heterocycles. The minimum Gasteiger partial charge on any atom is -0.490 e. The molecule has 3 rings (SSSR count). The van der Waals surface area contributed by atoms with Gasteiger partial charge in [-0.15, -0.1) is 0 Å². The maximum atomic E-state index is 10.4. The Morgan fingerprint density at radius 3 is 2.47 bits per heavy atom. The van der Waals surface area contributed by atoms with E-state index in [9.17, 15) is 5.11 Å². The first-order valence-corrected chi connectivity index (χ1v) is 10.7. The Hall–Kier alpha value is -2.12. The zero-order chi connectivity index (χ0) is 21.2. The highest BCUT2D eigenvalue weighted by molar-refractivity contribution is 5.39. The van der Waals surface area contributed by atoms with E-state index in [2.05, 4.69) is 34.1 Å². The number of nitrogens with zero attached hydrogens (tertiary/aromatic N) is 2. The van der Waals surface area contributed by atoms with Crippen molar-refractivity contribution in [3.05, 3.63) is 59.7 Å². The molecule has 0 spiro atoms. The molecule has 1 fully saturated rings. The molecule has 0 saturated carbocycles. The summed E-state index contributed by atoms with van der Waals surface area (Å²) in [5.74, 6) is 1.37. The third-order valence-corrected chi connectivity index (χ3v) is 5.06. The molecule has 0 aliphatic carbocycles. The minimum absolute atomic E-state index is 0.228. The molecule has 0 radical (unpaired) electrons. The minimum atomic E-state index is -0.582. The van der Waals surface area contributed by atoms with E-state index < -0.39 is 6.10 Å². The van der Waals surface area contributed by atoms with Gasteiger partial charge in [-0.25, -0.2) is 0 Å². The molecule has 1 aliphatic rings. The summed E-state index contributed by atoms with van der Waals surface area (Å²) in [7, 11) is 2.02. The van der Waals surface area contributed by atoms with E-state index >= 15 is 0 Å². The van der Waals surface area contributed by atoms with Gasteiger partial charge in [-0.05, 0) is 37.2 Å². The van der Waals surface area contributed by atoms with Crippen LogP contribution < -0.4 is 9.47 Å². The maximum Gasteiger partial charge on any atom is 0.161 e. The number of hydrogen-bond donors (Lipinski definition) is 1. The predicted molar refractivity (Wildman–Crippen MR) is 118 cm³/mol. The van der Waals surface area contributed by atoms with Crippen LogP contribution in [0.3, 0.4) is 0 Å². The van der Waals surface area contributed by atoms with Crippen LogP contribution >= 0.6 is 0 Å². The zero-order valence-corrected chi connectivity index (χ0v) is 18.1. The van der Waals surface area contributed by atoms with E-state index in [1.54, 1.807) is 0 Å². The Morgan fingerprint density at radius 2 is 1.73 bits per heavy atom. The first kappa shape index (κ1) is 22.6. The van der Waals surface area contributed by atoms with Crippen molar-refractivity contribution >= 4 is 0 Å². The van der Waals surface area contributed by atoms with Crippen molar-refractivity contribution in [1.29, 1.82) is 0 Å². The number of aliphatic hydroxyl groups is 1. The summed E-state index contributed by atoms with van der Waals surface area (Å²) < 4.78 is 16.8. The molecule has 6 heteroatoms. The normalized spacial score (nSPS) is 15.9. The number of ether oxygens (including phenoxy) is 3. The standard InChI is InChI=1S/C24H34N2O4/c1-3-29-23-9-4-5-10-24(23)30-19-22(27)18-25(2)16-20-7-6-8-21(15-20)17-26-11-13-28-14-12-26/h4-10,15,22,27H,3,11-14,16-19H2,1-2H3/t22-/m1/s1. The number of benzene rings is 2. The molecule has 2 aromatic carbocycles. The molecule has 164 valence electrons. The van der Waals surface area contributed by atoms with E-state index in [1.807, 2.05) is 38.2 Å². The summed E-state index contributed by atoms with van der Waals surface area (Å²) in [6.07, 6.45) is -0.582. The molecule has 30 heavy (non-hydrogen) atoms. The summed E-state index contributed by atoms with van der Waals surface area (Å²) in [5.41, 5.74) is 2.57. The van der Waals surface area contributed by atoms with Gasteiger partial charge in [0.25, 0.3) is 0 Å². The highest BCUT2D eigenvalue weighted by atomic mass is 16.5. The third kappa shape index (κ3) is 7.29. The lowest BCUT2D eigenvalue weighted by atomic mass is 10.1. The Morgan fingerprint density at radius 1 is 1.03 bits per heavy atom. The van der Waals surface area contributed by atoms with E-state index in [1.165, 1.54) is 11.1 Å². The molecule has 0 amide bonds. The van der Waals surface area contributed by atoms with Gasteiger partial charge in [0.2, 0.25) is 0 Å². The van der Waals surface area contributed by atoms with Gasteiger partial charge < -0.3 is 19.3 Å². The average molecular weight is 415 g/mol. The van der Waals surface area contributed by atoms with E-state index in [-0.39, 0.29) is 6.61 Å². The van der Waals surface area contributed by atoms with Gasteiger partial charge in [-0.1, -0.05) is 36.4 Å². The van der Waals surface area contributed by atoms with Crippen molar-refractivity contribution in [2.75, 3.05) is 53.1 Å². The zero-order valence-electron chi connectivity index (χ0n) is 18.1. The second-order valence-corrected chi connectivity index (χ2v) is 7.75. The van der Waals surface area contributed by atoms with Gasteiger partial charge in [-0.2, -0.15) is 0 Å². The molecule has 1 heterocycles. The van der Waals surface area contributed by atoms with Gasteiger partial charge in [0.05, 0.1) is 19.8 Å². The fourth-order valence-electron chi connectivity index (χ4n) is 3.66. The maximum absolute atomic E-state index is 10.4. The Kier molecular flexibility index (Phi) is 8.96. The van der Waals surface area contributed by atoms with Crippen LogP contribution in [0, 0.1) is 0 Å². The van der Waals surface area contributed by atoms with Crippen molar-refractivity contribution in [1.82, 2.24) is 9.80 Å². The van der Waals surface area contributed by atoms with Crippen molar-refractivity contribution < 1.29 is 19.3 Å². The first-order valence-electron chi connectivity index (χ1n) is 10.7. The van der Waals surface area contributed by atoms with Crippen LogP contribution in [0.1, 0.15) is 18.1 Å². The second-order valence-electron chi connectivity index (χ2n) is 7.75. The number of rotatable bonds is 11. The molecule has 1 N–H and O–H groups in total. The SMILES string of the molecule is CCOc1ccccc1OC[C@H](O)CN(C)Cc1cccc(CN2CCOCC2)c1. The molecule has 1 atom stereocenters. The summed E-state index contributed by atoms with van der Waals surface area (Å²) in [6.45, 7) is 8.63. The van der Waals surface area contributed by atoms with Crippen LogP contribution in [-0.2, 0) is 17.8 Å². The van der Waals surface area contributed by atoms with Crippen molar-refractivity contribution in [2.45, 2.75) is 26.1 Å². The van der Waals surface area contributed by atoms with Gasteiger partial charge in [-0.3, -0.25) is 9.80 Å². The summed E-state index contributed by atoms with van der Waals surface area (Å²) in [4.78, 5) is 4.55. The van der Waals surface area contributed by atoms with Crippen molar-refractivity contribution in [3.8, 4) is 11.5 Å². The second kappa shape index (κ2) is 11.9. The Balaban J connectivity index is 1.45. The Bertz CT molecular complexity index is 764. The summed E-state index contributed by atoms with van der Waals surface area (Å²) >= 11 is 0. The van der Waals surface area contributed by atoms with Crippen LogP contribution in [0.2, 0.25) is 0 Å². The topological polar surface area (TPSA) is 54.4 Å². The molecular formula is C24H34N2O4. The van der Waals surface area contributed by atoms with Gasteiger partial charge in [0.1, 0.15) is 12.7 Å². The highest BCUT2D eigenvalue weighted by Crippen LogP contribution is 2.26. The third-order valence-electron chi connectivity index (χ3n) is 5.06. The monoisotopic (exact) mass is 414 g/mol. The fourth-order valence-corrected chi connectivity index (χ4v) is 3.66. The molecule has 0 bridgehead atoms. The number of likely N-dealkylation sites (N-methyl/N-ethyl adjacent to an activating group) is 1. The number of hydrogen-bond acceptors (Lipinski definition) is 6. The van der Waals surface area contributed by atoms with E-state index in [0.717, 1.165) is 39.4 Å². The van der Waals surface area contributed by atoms with Crippen LogP contribution in [-0.4, -0.2) is 74.1 Å². The predicted octanol–water partition coefficient (Wildman–Crippen LogP) is 2.79. The number of para-hydroxylation sites is 2. The van der Waals surface area contributed by atoms with Gasteiger partial charge in [0.15, 0.2) is 11.5 Å². The number of aliphatic hydroxyl groups excluding tert-OH is 1. The highest BCUT2D eigenvalue weighted by Gasteiger charge is 2.13. The molecule has 0 aromatic heterocycles. The van der Waals surface area contributed by atoms with E-state index in [4.69, 9.17) is 14.2 Å². The van der Waals surface area contributed by atoms with E-state index in [0.29, 0.717) is 24.7 Å². The smallest absolute Gasteiger partial charge is 0.161 e. The van der Waals surface area contributed by atoms with Gasteiger partial charge in [0, 0.05) is 32.7 Å². The Labute approximate surface area is 180 Å². The van der Waals surface area contributed by atoms with Crippen LogP contribution in [0.25, 0.3) is 0 Å². The summed E-state index contributed by atoms with van der Waals surface area (Å²) in [5, 5.41) is 10.4. The molecule has 1 saturated heterocycles. The fraction of sp³-hybridized carbons (Fsp3) is 0.500. The quantitative estimate of drug-likeness (QED) is 0.610. The average Bonchev–Trinajstić information content (AvgIpc) is 2.74. The van der Waals surface area contributed by atoms with Gasteiger partial charge >= 0.3 is 0 Å². The molecule has 0 unspecified atom stereocenters. The van der Waals surface area contributed by atoms with Crippen LogP contribution in [0.5, 0.6) is 11.5 Å². The van der Waals surface area contributed by atoms with Crippen molar-refractivity contribution in [3.63, 3.8) is 0 Å².